The third-order valence-electron chi connectivity index (χ3n) is 3.76. The Kier molecular flexibility index (Phi) is 5.93. The van der Waals surface area contributed by atoms with Gasteiger partial charge in [-0.05, 0) is 50.0 Å². The Hall–Kier alpha value is -2.14. The molecule has 2 N–H and O–H groups in total. The summed E-state index contributed by atoms with van der Waals surface area (Å²) in [6.45, 7) is 2.22. The van der Waals surface area contributed by atoms with Crippen molar-refractivity contribution in [2.24, 2.45) is 0 Å². The number of hydrogen-bond donors (Lipinski definition) is 2. The third-order valence-corrected chi connectivity index (χ3v) is 3.76. The van der Waals surface area contributed by atoms with Gasteiger partial charge in [0.05, 0.1) is 6.10 Å². The Morgan fingerprint density at radius 1 is 1.35 bits per heavy atom. The molecule has 2 rings (SSSR count). The summed E-state index contributed by atoms with van der Waals surface area (Å²) in [5.74, 6) is -0.154. The minimum absolute atomic E-state index is 0.0445. The van der Waals surface area contributed by atoms with Crippen molar-refractivity contribution in [2.75, 3.05) is 13.6 Å². The fraction of sp³-hybridized carbons (Fsp3) is 0.444. The molecule has 2 amide bonds. The molecule has 124 valence electrons. The van der Waals surface area contributed by atoms with Crippen molar-refractivity contribution in [3.63, 3.8) is 0 Å². The van der Waals surface area contributed by atoms with Crippen molar-refractivity contribution >= 4 is 17.9 Å². The predicted molar refractivity (Wildman–Crippen MR) is 89.9 cm³/mol. The molecule has 1 aromatic rings. The van der Waals surface area contributed by atoms with Crippen molar-refractivity contribution in [1.29, 1.82) is 0 Å². The molecule has 1 unspecified atom stereocenters. The van der Waals surface area contributed by atoms with Gasteiger partial charge < -0.3 is 15.3 Å². The van der Waals surface area contributed by atoms with E-state index in [0.717, 1.165) is 18.4 Å². The van der Waals surface area contributed by atoms with Gasteiger partial charge >= 0.3 is 0 Å². The maximum Gasteiger partial charge on any atom is 0.251 e. The van der Waals surface area contributed by atoms with E-state index in [1.165, 1.54) is 6.08 Å². The zero-order valence-electron chi connectivity index (χ0n) is 13.7. The molecule has 1 aliphatic carbocycles. The maximum absolute atomic E-state index is 11.9. The van der Waals surface area contributed by atoms with Crippen molar-refractivity contribution in [3.05, 3.63) is 41.5 Å². The predicted octanol–water partition coefficient (Wildman–Crippen LogP) is 1.82. The number of likely N-dealkylation sites (N-methyl/N-ethyl adjacent to an activating group) is 1. The number of rotatable bonds is 7. The highest BCUT2D eigenvalue weighted by Gasteiger charge is 2.23. The monoisotopic (exact) mass is 316 g/mol. The van der Waals surface area contributed by atoms with Crippen LogP contribution in [0.4, 0.5) is 0 Å². The molecule has 0 aliphatic heterocycles. The first-order valence-corrected chi connectivity index (χ1v) is 7.98. The van der Waals surface area contributed by atoms with E-state index in [0.29, 0.717) is 24.6 Å². The largest absolute Gasteiger partial charge is 0.393 e. The summed E-state index contributed by atoms with van der Waals surface area (Å²) in [6, 6.07) is 7.51. The van der Waals surface area contributed by atoms with Crippen LogP contribution in [0.3, 0.4) is 0 Å². The second-order valence-corrected chi connectivity index (χ2v) is 6.10. The van der Waals surface area contributed by atoms with E-state index in [1.807, 2.05) is 12.1 Å². The molecule has 0 aromatic heterocycles. The van der Waals surface area contributed by atoms with Crippen molar-refractivity contribution < 1.29 is 14.7 Å². The van der Waals surface area contributed by atoms with Crippen molar-refractivity contribution in [3.8, 4) is 0 Å². The summed E-state index contributed by atoms with van der Waals surface area (Å²) in [7, 11) is 1.71. The molecular weight excluding hydrogens is 292 g/mol. The molecule has 0 radical (unpaired) electrons. The summed E-state index contributed by atoms with van der Waals surface area (Å²) in [4.78, 5) is 25.4. The molecule has 0 heterocycles. The number of aliphatic hydroxyl groups excluding tert-OH is 1. The lowest BCUT2D eigenvalue weighted by atomic mass is 10.1. The SMILES string of the molecule is CC(O)CCN(C)C(=O)C=Cc1ccc(C(=O)NC2CC2)cc1. The number of nitrogens with one attached hydrogen (secondary N) is 1. The molecule has 23 heavy (non-hydrogen) atoms. The Bertz CT molecular complexity index is 574. The summed E-state index contributed by atoms with van der Waals surface area (Å²) in [5.41, 5.74) is 1.50. The summed E-state index contributed by atoms with van der Waals surface area (Å²) >= 11 is 0. The minimum atomic E-state index is -0.413. The second kappa shape index (κ2) is 7.92. The van der Waals surface area contributed by atoms with Crippen LogP contribution in [0.5, 0.6) is 0 Å². The lowest BCUT2D eigenvalue weighted by molar-refractivity contribution is -0.124. The molecule has 5 heteroatoms. The first-order valence-electron chi connectivity index (χ1n) is 7.98. The minimum Gasteiger partial charge on any atom is -0.393 e. The normalized spacial score (nSPS) is 15.4. The van der Waals surface area contributed by atoms with Crippen molar-refractivity contribution in [1.82, 2.24) is 10.2 Å². The van der Waals surface area contributed by atoms with Crippen LogP contribution in [0.25, 0.3) is 6.08 Å². The summed E-state index contributed by atoms with van der Waals surface area (Å²) in [6.07, 6.45) is 5.50. The van der Waals surface area contributed by atoms with E-state index in [2.05, 4.69) is 5.32 Å². The van der Waals surface area contributed by atoms with Gasteiger partial charge in [-0.25, -0.2) is 0 Å². The van der Waals surface area contributed by atoms with Gasteiger partial charge in [-0.15, -0.1) is 0 Å². The third kappa shape index (κ3) is 5.87. The molecule has 1 aliphatic rings. The molecule has 1 atom stereocenters. The first kappa shape index (κ1) is 17.2. The van der Waals surface area contributed by atoms with Crippen LogP contribution >= 0.6 is 0 Å². The number of benzene rings is 1. The summed E-state index contributed by atoms with van der Waals surface area (Å²) in [5, 5.41) is 12.2. The number of aliphatic hydroxyl groups is 1. The van der Waals surface area contributed by atoms with E-state index in [4.69, 9.17) is 0 Å². The highest BCUT2D eigenvalue weighted by molar-refractivity contribution is 5.95. The van der Waals surface area contributed by atoms with Gasteiger partial charge in [0.25, 0.3) is 5.91 Å². The fourth-order valence-corrected chi connectivity index (χ4v) is 2.03. The first-order chi connectivity index (χ1) is 11.0. The van der Waals surface area contributed by atoms with E-state index in [1.54, 1.807) is 37.1 Å². The van der Waals surface area contributed by atoms with Crippen LogP contribution in [0.15, 0.2) is 30.3 Å². The number of nitrogens with zero attached hydrogens (tertiary/aromatic N) is 1. The van der Waals surface area contributed by atoms with Gasteiger partial charge in [-0.2, -0.15) is 0 Å². The summed E-state index contributed by atoms with van der Waals surface area (Å²) < 4.78 is 0. The van der Waals surface area contributed by atoms with Gasteiger partial charge in [0.2, 0.25) is 5.91 Å². The second-order valence-electron chi connectivity index (χ2n) is 6.10. The zero-order valence-corrected chi connectivity index (χ0v) is 13.7. The Morgan fingerprint density at radius 2 is 2.00 bits per heavy atom. The Balaban J connectivity index is 1.86. The van der Waals surface area contributed by atoms with E-state index in [9.17, 15) is 14.7 Å². The lowest BCUT2D eigenvalue weighted by Gasteiger charge is -2.15. The lowest BCUT2D eigenvalue weighted by Crippen LogP contribution is -2.27. The zero-order chi connectivity index (χ0) is 16.8. The van der Waals surface area contributed by atoms with Crippen LogP contribution in [-0.2, 0) is 4.79 Å². The molecule has 0 bridgehead atoms. The van der Waals surface area contributed by atoms with Gasteiger partial charge in [0.1, 0.15) is 0 Å². The molecule has 1 aromatic carbocycles. The average molecular weight is 316 g/mol. The number of amides is 2. The van der Waals surface area contributed by atoms with E-state index >= 15 is 0 Å². The Labute approximate surface area is 137 Å². The fourth-order valence-electron chi connectivity index (χ4n) is 2.03. The highest BCUT2D eigenvalue weighted by Crippen LogP contribution is 2.19. The average Bonchev–Trinajstić information content (AvgIpc) is 3.34. The Morgan fingerprint density at radius 3 is 2.57 bits per heavy atom. The molecule has 0 saturated heterocycles. The van der Waals surface area contributed by atoms with E-state index in [-0.39, 0.29) is 11.8 Å². The maximum atomic E-state index is 11.9. The highest BCUT2D eigenvalue weighted by atomic mass is 16.3. The topological polar surface area (TPSA) is 69.6 Å². The number of carbonyl (C=O) groups is 2. The van der Waals surface area contributed by atoms with Crippen LogP contribution in [-0.4, -0.2) is 47.6 Å². The van der Waals surface area contributed by atoms with Crippen LogP contribution in [0, 0.1) is 0 Å². The molecule has 0 spiro atoms. The molecule has 1 saturated carbocycles. The quantitative estimate of drug-likeness (QED) is 0.754. The smallest absolute Gasteiger partial charge is 0.251 e. The van der Waals surface area contributed by atoms with Gasteiger partial charge in [-0.1, -0.05) is 12.1 Å². The van der Waals surface area contributed by atoms with Crippen LogP contribution in [0.1, 0.15) is 42.1 Å². The van der Waals surface area contributed by atoms with E-state index < -0.39 is 6.10 Å². The van der Waals surface area contributed by atoms with Gasteiger partial charge in [0, 0.05) is 31.3 Å². The van der Waals surface area contributed by atoms with Gasteiger partial charge in [-0.3, -0.25) is 9.59 Å². The molecular formula is C18H24N2O3. The van der Waals surface area contributed by atoms with Crippen LogP contribution < -0.4 is 5.32 Å². The standard InChI is InChI=1S/C18H24N2O3/c1-13(21)11-12-20(2)17(22)10-5-14-3-6-15(7-4-14)18(23)19-16-8-9-16/h3-7,10,13,16,21H,8-9,11-12H2,1-2H3,(H,19,23). The number of carbonyl (C=O) groups excluding carboxylic acids is 2. The number of hydrogen-bond acceptors (Lipinski definition) is 3. The van der Waals surface area contributed by atoms with Crippen LogP contribution in [0.2, 0.25) is 0 Å². The molecule has 5 nitrogen and oxygen atoms in total. The van der Waals surface area contributed by atoms with Crippen molar-refractivity contribution in [2.45, 2.75) is 38.3 Å². The molecule has 1 fully saturated rings. The van der Waals surface area contributed by atoms with Gasteiger partial charge in [0.15, 0.2) is 0 Å².